The Bertz CT molecular complexity index is 329. The van der Waals surface area contributed by atoms with Gasteiger partial charge in [-0.15, -0.1) is 0 Å². The van der Waals surface area contributed by atoms with Crippen LogP contribution in [0.4, 0.5) is 0 Å². The molecule has 1 heterocycles. The molecule has 0 saturated heterocycles. The Morgan fingerprint density at radius 2 is 2.50 bits per heavy atom. The molecule has 2 N–H and O–H groups in total. The van der Waals surface area contributed by atoms with Gasteiger partial charge in [0.05, 0.1) is 6.54 Å². The van der Waals surface area contributed by atoms with Crippen LogP contribution in [-0.4, -0.2) is 16.1 Å². The first-order chi connectivity index (χ1) is 6.74. The summed E-state index contributed by atoms with van der Waals surface area (Å²) in [6, 6.07) is 0. The molecule has 1 aromatic heterocycles. The Kier molecular flexibility index (Phi) is 3.91. The van der Waals surface area contributed by atoms with Gasteiger partial charge in [0.25, 0.3) is 0 Å². The highest BCUT2D eigenvalue weighted by Gasteiger charge is 2.04. The average molecular weight is 195 g/mol. The van der Waals surface area contributed by atoms with Crippen LogP contribution >= 0.6 is 0 Å². The molecule has 4 nitrogen and oxygen atoms in total. The van der Waals surface area contributed by atoms with Gasteiger partial charge in [-0.2, -0.15) is 0 Å². The third kappa shape index (κ3) is 3.05. The third-order valence-corrected chi connectivity index (χ3v) is 1.94. The van der Waals surface area contributed by atoms with Crippen LogP contribution in [0.2, 0.25) is 0 Å². The molecule has 0 aliphatic rings. The summed E-state index contributed by atoms with van der Waals surface area (Å²) in [6.45, 7) is 3.04. The summed E-state index contributed by atoms with van der Waals surface area (Å²) in [7, 11) is 0. The highest BCUT2D eigenvalue weighted by Crippen LogP contribution is 1.95. The quantitative estimate of drug-likeness (QED) is 0.548. The van der Waals surface area contributed by atoms with Crippen LogP contribution in [0.25, 0.3) is 6.08 Å². The van der Waals surface area contributed by atoms with Crippen molar-refractivity contribution >= 4 is 12.0 Å². The van der Waals surface area contributed by atoms with E-state index in [9.17, 15) is 4.79 Å². The van der Waals surface area contributed by atoms with Crippen molar-refractivity contribution < 1.29 is 14.5 Å². The van der Waals surface area contributed by atoms with Crippen molar-refractivity contribution in [3.05, 3.63) is 24.3 Å². The van der Waals surface area contributed by atoms with Crippen LogP contribution in [0, 0.1) is 0 Å². The number of nitrogens with one attached hydrogen (secondary N) is 1. The number of H-pyrrole nitrogens is 1. The van der Waals surface area contributed by atoms with Crippen LogP contribution in [0.1, 0.15) is 25.5 Å². The van der Waals surface area contributed by atoms with Gasteiger partial charge in [0, 0.05) is 6.08 Å². The van der Waals surface area contributed by atoms with Crippen LogP contribution in [0.15, 0.2) is 18.6 Å². The first kappa shape index (κ1) is 10.5. The lowest BCUT2D eigenvalue weighted by atomic mass is 10.3. The molecule has 4 heteroatoms. The van der Waals surface area contributed by atoms with Crippen molar-refractivity contribution in [2.75, 3.05) is 0 Å². The first-order valence-corrected chi connectivity index (χ1v) is 4.71. The molecule has 1 aromatic rings. The van der Waals surface area contributed by atoms with Gasteiger partial charge in [-0.3, -0.25) is 0 Å². The van der Waals surface area contributed by atoms with E-state index in [0.717, 1.165) is 31.2 Å². The highest BCUT2D eigenvalue weighted by atomic mass is 16.4. The predicted molar refractivity (Wildman–Crippen MR) is 52.6 cm³/mol. The van der Waals surface area contributed by atoms with E-state index in [1.54, 1.807) is 12.3 Å². The van der Waals surface area contributed by atoms with Crippen molar-refractivity contribution in [2.45, 2.75) is 26.3 Å². The minimum absolute atomic E-state index is 0.890. The molecule has 0 amide bonds. The SMILES string of the molecule is CCCC[n+]1c[nH]cc1/C=C/C(=O)O. The molecule has 1 rings (SSSR count). The van der Waals surface area contributed by atoms with E-state index in [0.29, 0.717) is 0 Å². The molecule has 0 aliphatic carbocycles. The number of aromatic amines is 1. The maximum Gasteiger partial charge on any atom is 0.328 e. The summed E-state index contributed by atoms with van der Waals surface area (Å²) in [5, 5.41) is 8.47. The van der Waals surface area contributed by atoms with E-state index in [4.69, 9.17) is 5.11 Å². The van der Waals surface area contributed by atoms with Gasteiger partial charge >= 0.3 is 5.97 Å². The lowest BCUT2D eigenvalue weighted by Crippen LogP contribution is -2.34. The van der Waals surface area contributed by atoms with Gasteiger partial charge in [0.1, 0.15) is 6.20 Å². The second kappa shape index (κ2) is 5.21. The van der Waals surface area contributed by atoms with Crippen molar-refractivity contribution in [3.63, 3.8) is 0 Å². The first-order valence-electron chi connectivity index (χ1n) is 4.71. The number of carboxylic acid groups (broad SMARTS) is 1. The monoisotopic (exact) mass is 195 g/mol. The molecule has 0 atom stereocenters. The van der Waals surface area contributed by atoms with Crippen molar-refractivity contribution in [3.8, 4) is 0 Å². The van der Waals surface area contributed by atoms with Crippen molar-refractivity contribution in [1.29, 1.82) is 0 Å². The molecule has 0 aliphatic heterocycles. The van der Waals surface area contributed by atoms with Crippen molar-refractivity contribution in [1.82, 2.24) is 4.98 Å². The standard InChI is InChI=1S/C10H14N2O2/c1-2-3-6-12-8-11-7-9(12)4-5-10(13)14/h4-5,7-8H,2-3,6H2,1H3,(H,13,14)/p+1/b5-4+. The number of unbranched alkanes of at least 4 members (excludes halogenated alkanes) is 1. The molecule has 0 spiro atoms. The third-order valence-electron chi connectivity index (χ3n) is 1.94. The number of carboxylic acids is 1. The zero-order valence-electron chi connectivity index (χ0n) is 8.23. The van der Waals surface area contributed by atoms with Gasteiger partial charge < -0.3 is 5.11 Å². The lowest BCUT2D eigenvalue weighted by molar-refractivity contribution is -0.697. The number of aryl methyl sites for hydroxylation is 1. The normalized spacial score (nSPS) is 10.9. The number of hydrogen-bond donors (Lipinski definition) is 2. The summed E-state index contributed by atoms with van der Waals surface area (Å²) >= 11 is 0. The van der Waals surface area contributed by atoms with Crippen LogP contribution in [0.3, 0.4) is 0 Å². The van der Waals surface area contributed by atoms with E-state index >= 15 is 0 Å². The number of aliphatic carboxylic acids is 1. The Labute approximate surface area is 82.9 Å². The van der Waals surface area contributed by atoms with E-state index in [1.165, 1.54) is 0 Å². The second-order valence-electron chi connectivity index (χ2n) is 3.08. The molecular weight excluding hydrogens is 180 g/mol. The lowest BCUT2D eigenvalue weighted by Gasteiger charge is -1.95. The van der Waals surface area contributed by atoms with Gasteiger partial charge in [0.2, 0.25) is 6.33 Å². The van der Waals surface area contributed by atoms with Crippen LogP contribution in [0.5, 0.6) is 0 Å². The maximum atomic E-state index is 10.3. The molecule has 0 unspecified atom stereocenters. The smallest absolute Gasteiger partial charge is 0.328 e. The Morgan fingerprint density at radius 1 is 1.71 bits per heavy atom. The summed E-state index contributed by atoms with van der Waals surface area (Å²) in [5.74, 6) is -0.923. The largest absolute Gasteiger partial charge is 0.478 e. The number of hydrogen-bond acceptors (Lipinski definition) is 1. The number of carbonyl (C=O) groups is 1. The summed E-state index contributed by atoms with van der Waals surface area (Å²) < 4.78 is 2.00. The van der Waals surface area contributed by atoms with Crippen LogP contribution < -0.4 is 4.57 Å². The van der Waals surface area contributed by atoms with E-state index in [2.05, 4.69) is 11.9 Å². The number of imidazole rings is 1. The summed E-state index contributed by atoms with van der Waals surface area (Å²) in [4.78, 5) is 13.3. The molecule has 0 radical (unpaired) electrons. The van der Waals surface area contributed by atoms with E-state index in [-0.39, 0.29) is 0 Å². The number of aromatic nitrogens is 2. The minimum Gasteiger partial charge on any atom is -0.478 e. The molecular formula is C10H15N2O2+. The molecule has 0 saturated carbocycles. The zero-order valence-corrected chi connectivity index (χ0v) is 8.23. The molecule has 14 heavy (non-hydrogen) atoms. The fraction of sp³-hybridized carbons (Fsp3) is 0.400. The second-order valence-corrected chi connectivity index (χ2v) is 3.08. The topological polar surface area (TPSA) is 57.0 Å². The van der Waals surface area contributed by atoms with E-state index < -0.39 is 5.97 Å². The zero-order chi connectivity index (χ0) is 10.4. The number of rotatable bonds is 5. The van der Waals surface area contributed by atoms with Gasteiger partial charge in [-0.1, -0.05) is 13.3 Å². The fourth-order valence-corrected chi connectivity index (χ4v) is 1.19. The summed E-state index contributed by atoms with van der Waals surface area (Å²) in [5.41, 5.74) is 0.890. The molecule has 76 valence electrons. The average Bonchev–Trinajstić information content (AvgIpc) is 2.58. The van der Waals surface area contributed by atoms with Gasteiger partial charge in [-0.25, -0.2) is 14.3 Å². The number of nitrogens with zero attached hydrogens (tertiary/aromatic N) is 1. The molecule has 0 fully saturated rings. The van der Waals surface area contributed by atoms with E-state index in [1.807, 2.05) is 10.9 Å². The Balaban J connectivity index is 2.67. The Hall–Kier alpha value is -1.58. The minimum atomic E-state index is -0.923. The molecule has 0 bridgehead atoms. The Morgan fingerprint density at radius 3 is 3.14 bits per heavy atom. The summed E-state index contributed by atoms with van der Waals surface area (Å²) in [6.07, 6.45) is 8.59. The van der Waals surface area contributed by atoms with Gasteiger partial charge in [0.15, 0.2) is 5.69 Å². The van der Waals surface area contributed by atoms with Crippen molar-refractivity contribution in [2.24, 2.45) is 0 Å². The fourth-order valence-electron chi connectivity index (χ4n) is 1.19. The predicted octanol–water partition coefficient (Wildman–Crippen LogP) is 1.20. The van der Waals surface area contributed by atoms with Gasteiger partial charge in [-0.05, 0) is 12.5 Å². The molecule has 0 aromatic carbocycles. The highest BCUT2D eigenvalue weighted by molar-refractivity contribution is 5.84. The maximum absolute atomic E-state index is 10.3. The van der Waals surface area contributed by atoms with Crippen LogP contribution in [-0.2, 0) is 11.3 Å².